The number of benzene rings is 2. The first kappa shape index (κ1) is 21.2. The number of rotatable bonds is 4. The van der Waals surface area contributed by atoms with Gasteiger partial charge in [-0.2, -0.15) is 0 Å². The van der Waals surface area contributed by atoms with Crippen molar-refractivity contribution in [1.29, 1.82) is 0 Å². The normalized spacial score (nSPS) is 16.4. The number of hydrogen-bond donors (Lipinski definition) is 2. The Labute approximate surface area is 170 Å². The number of carbonyl (C=O) groups excluding carboxylic acids is 2. The van der Waals surface area contributed by atoms with Crippen LogP contribution in [0.5, 0.6) is 0 Å². The molecular formula is C20H23Cl2N3O2. The minimum absolute atomic E-state index is 0. The van der Waals surface area contributed by atoms with Gasteiger partial charge in [0, 0.05) is 37.3 Å². The minimum Gasteiger partial charge on any atom is -0.333 e. The number of amides is 2. The third-order valence-electron chi connectivity index (χ3n) is 4.43. The highest BCUT2D eigenvalue weighted by molar-refractivity contribution is 6.30. The van der Waals surface area contributed by atoms with Crippen LogP contribution in [0.25, 0.3) is 0 Å². The standard InChI is InChI=1S/C20H22ClN3O2.ClH/c1-14(25)23-18-7-5-15(6-8-18)11-20(26)24-10-9-22-13-19(24)16-3-2-4-17(21)12-16;/h2-8,12,19,22H,9-11,13H2,1H3,(H,23,25);1H. The van der Waals surface area contributed by atoms with Gasteiger partial charge in [-0.05, 0) is 35.4 Å². The number of piperazine rings is 1. The third kappa shape index (κ3) is 5.70. The second kappa shape index (κ2) is 9.74. The van der Waals surface area contributed by atoms with Crippen molar-refractivity contribution in [3.05, 3.63) is 64.7 Å². The zero-order valence-electron chi connectivity index (χ0n) is 15.1. The predicted octanol–water partition coefficient (Wildman–Crippen LogP) is 3.44. The van der Waals surface area contributed by atoms with Gasteiger partial charge in [-0.1, -0.05) is 35.9 Å². The summed E-state index contributed by atoms with van der Waals surface area (Å²) in [5.41, 5.74) is 2.69. The summed E-state index contributed by atoms with van der Waals surface area (Å²) in [5.74, 6) is -0.0252. The summed E-state index contributed by atoms with van der Waals surface area (Å²) in [6, 6.07) is 15.0. The molecule has 1 unspecified atom stereocenters. The molecule has 0 aliphatic carbocycles. The van der Waals surface area contributed by atoms with Crippen LogP contribution in [0.4, 0.5) is 5.69 Å². The van der Waals surface area contributed by atoms with Gasteiger partial charge in [-0.15, -0.1) is 12.4 Å². The minimum atomic E-state index is -0.112. The Balaban J connectivity index is 0.00000261. The highest BCUT2D eigenvalue weighted by Crippen LogP contribution is 2.25. The van der Waals surface area contributed by atoms with E-state index in [4.69, 9.17) is 11.6 Å². The molecule has 3 rings (SSSR count). The average Bonchev–Trinajstić information content (AvgIpc) is 2.63. The molecule has 144 valence electrons. The lowest BCUT2D eigenvalue weighted by molar-refractivity contribution is -0.133. The van der Waals surface area contributed by atoms with Crippen molar-refractivity contribution in [3.63, 3.8) is 0 Å². The van der Waals surface area contributed by atoms with E-state index in [1.165, 1.54) is 6.92 Å². The molecule has 0 saturated carbocycles. The van der Waals surface area contributed by atoms with Crippen molar-refractivity contribution in [1.82, 2.24) is 10.2 Å². The van der Waals surface area contributed by atoms with Crippen LogP contribution in [0.15, 0.2) is 48.5 Å². The second-order valence-electron chi connectivity index (χ2n) is 6.42. The van der Waals surface area contributed by atoms with E-state index in [0.29, 0.717) is 24.5 Å². The van der Waals surface area contributed by atoms with Crippen molar-refractivity contribution in [2.45, 2.75) is 19.4 Å². The monoisotopic (exact) mass is 407 g/mol. The summed E-state index contributed by atoms with van der Waals surface area (Å²) in [5, 5.41) is 6.75. The van der Waals surface area contributed by atoms with Gasteiger partial charge >= 0.3 is 0 Å². The fourth-order valence-electron chi connectivity index (χ4n) is 3.20. The zero-order valence-corrected chi connectivity index (χ0v) is 16.6. The van der Waals surface area contributed by atoms with Gasteiger partial charge in [-0.25, -0.2) is 0 Å². The smallest absolute Gasteiger partial charge is 0.227 e. The number of halogens is 2. The molecule has 0 bridgehead atoms. The molecule has 5 nitrogen and oxygen atoms in total. The molecule has 27 heavy (non-hydrogen) atoms. The third-order valence-corrected chi connectivity index (χ3v) is 4.66. The Morgan fingerprint density at radius 2 is 1.96 bits per heavy atom. The molecule has 1 atom stereocenters. The van der Waals surface area contributed by atoms with Crippen molar-refractivity contribution < 1.29 is 9.59 Å². The quantitative estimate of drug-likeness (QED) is 0.815. The maximum Gasteiger partial charge on any atom is 0.227 e. The fraction of sp³-hybridized carbons (Fsp3) is 0.300. The van der Waals surface area contributed by atoms with Gasteiger partial charge in [0.2, 0.25) is 11.8 Å². The van der Waals surface area contributed by atoms with Gasteiger partial charge in [0.1, 0.15) is 0 Å². The molecule has 1 fully saturated rings. The summed E-state index contributed by atoms with van der Waals surface area (Å²) in [7, 11) is 0. The van der Waals surface area contributed by atoms with Crippen molar-refractivity contribution in [3.8, 4) is 0 Å². The van der Waals surface area contributed by atoms with Crippen LogP contribution in [0.2, 0.25) is 5.02 Å². The van der Waals surface area contributed by atoms with Gasteiger partial charge in [0.25, 0.3) is 0 Å². The molecule has 0 spiro atoms. The Morgan fingerprint density at radius 1 is 1.22 bits per heavy atom. The summed E-state index contributed by atoms with van der Waals surface area (Å²) >= 11 is 6.12. The molecule has 2 aromatic rings. The van der Waals surface area contributed by atoms with Crippen molar-refractivity contribution in [2.75, 3.05) is 25.0 Å². The SMILES string of the molecule is CC(=O)Nc1ccc(CC(=O)N2CCNCC2c2cccc(Cl)c2)cc1.Cl. The Kier molecular flexibility index (Phi) is 7.66. The lowest BCUT2D eigenvalue weighted by Gasteiger charge is -2.36. The lowest BCUT2D eigenvalue weighted by Crippen LogP contribution is -2.49. The van der Waals surface area contributed by atoms with E-state index < -0.39 is 0 Å². The van der Waals surface area contributed by atoms with E-state index in [-0.39, 0.29) is 30.3 Å². The molecular weight excluding hydrogens is 385 g/mol. The maximum atomic E-state index is 12.9. The molecule has 7 heteroatoms. The first-order valence-corrected chi connectivity index (χ1v) is 9.03. The van der Waals surface area contributed by atoms with E-state index in [2.05, 4.69) is 10.6 Å². The highest BCUT2D eigenvalue weighted by atomic mass is 35.5. The Hall–Kier alpha value is -2.08. The Morgan fingerprint density at radius 3 is 2.63 bits per heavy atom. The van der Waals surface area contributed by atoms with Gasteiger partial charge < -0.3 is 15.5 Å². The number of anilines is 1. The number of hydrogen-bond acceptors (Lipinski definition) is 3. The zero-order chi connectivity index (χ0) is 18.5. The van der Waals surface area contributed by atoms with Crippen LogP contribution >= 0.6 is 24.0 Å². The molecule has 0 aromatic heterocycles. The van der Waals surface area contributed by atoms with Crippen LogP contribution in [0, 0.1) is 0 Å². The van der Waals surface area contributed by atoms with Crippen LogP contribution in [0.1, 0.15) is 24.1 Å². The van der Waals surface area contributed by atoms with E-state index in [9.17, 15) is 9.59 Å². The molecule has 2 N–H and O–H groups in total. The first-order chi connectivity index (χ1) is 12.5. The summed E-state index contributed by atoms with van der Waals surface area (Å²) < 4.78 is 0. The van der Waals surface area contributed by atoms with Crippen molar-refractivity contribution >= 4 is 41.5 Å². The molecule has 0 radical (unpaired) electrons. The Bertz CT molecular complexity index is 796. The topological polar surface area (TPSA) is 61.4 Å². The molecule has 2 amide bonds. The fourth-order valence-corrected chi connectivity index (χ4v) is 3.40. The average molecular weight is 408 g/mol. The lowest BCUT2D eigenvalue weighted by atomic mass is 10.0. The largest absolute Gasteiger partial charge is 0.333 e. The summed E-state index contributed by atoms with van der Waals surface area (Å²) in [6.07, 6.45) is 0.331. The van der Waals surface area contributed by atoms with E-state index in [1.807, 2.05) is 53.4 Å². The molecule has 1 heterocycles. The van der Waals surface area contributed by atoms with E-state index in [0.717, 1.165) is 23.4 Å². The van der Waals surface area contributed by atoms with Crippen molar-refractivity contribution in [2.24, 2.45) is 0 Å². The van der Waals surface area contributed by atoms with Crippen LogP contribution in [-0.2, 0) is 16.0 Å². The van der Waals surface area contributed by atoms with E-state index in [1.54, 1.807) is 0 Å². The number of nitrogens with one attached hydrogen (secondary N) is 2. The van der Waals surface area contributed by atoms with Crippen LogP contribution in [0.3, 0.4) is 0 Å². The number of nitrogens with zero attached hydrogens (tertiary/aromatic N) is 1. The number of carbonyl (C=O) groups is 2. The van der Waals surface area contributed by atoms with Crippen LogP contribution in [-0.4, -0.2) is 36.3 Å². The predicted molar refractivity (Wildman–Crippen MR) is 110 cm³/mol. The molecule has 2 aromatic carbocycles. The summed E-state index contributed by atoms with van der Waals surface area (Å²) in [4.78, 5) is 25.9. The highest BCUT2D eigenvalue weighted by Gasteiger charge is 2.27. The molecule has 1 aliphatic heterocycles. The van der Waals surface area contributed by atoms with Gasteiger partial charge in [0.15, 0.2) is 0 Å². The first-order valence-electron chi connectivity index (χ1n) is 8.65. The summed E-state index contributed by atoms with van der Waals surface area (Å²) in [6.45, 7) is 3.63. The van der Waals surface area contributed by atoms with E-state index >= 15 is 0 Å². The second-order valence-corrected chi connectivity index (χ2v) is 6.85. The van der Waals surface area contributed by atoms with Gasteiger partial charge in [-0.3, -0.25) is 9.59 Å². The molecule has 1 saturated heterocycles. The molecule has 1 aliphatic rings. The maximum absolute atomic E-state index is 12.9. The van der Waals surface area contributed by atoms with Gasteiger partial charge in [0.05, 0.1) is 12.5 Å². The van der Waals surface area contributed by atoms with Crippen LogP contribution < -0.4 is 10.6 Å².